The molecule has 20 heteroatoms. The predicted molar refractivity (Wildman–Crippen MR) is 131 cm³/mol. The van der Waals surface area contributed by atoms with Crippen LogP contribution in [0.5, 0.6) is 0 Å². The molecule has 1 saturated heterocycles. The maximum Gasteiger partial charge on any atom is 0.490 e. The smallest absolute Gasteiger partial charge is 0.383 e. The molecule has 5 atom stereocenters. The summed E-state index contributed by atoms with van der Waals surface area (Å²) in [5.74, 6) is 5.96. The van der Waals surface area contributed by atoms with E-state index in [9.17, 15) is 23.5 Å². The number of fused-ring (bicyclic) bond motifs is 1. The Bertz CT molecular complexity index is 1350. The zero-order chi connectivity index (χ0) is 28.3. The van der Waals surface area contributed by atoms with Crippen LogP contribution in [0.3, 0.4) is 0 Å². The Morgan fingerprint density at radius 3 is 2.53 bits per heavy atom. The van der Waals surface area contributed by atoms with Crippen molar-refractivity contribution in [3.05, 3.63) is 18.1 Å². The minimum Gasteiger partial charge on any atom is -0.383 e. The van der Waals surface area contributed by atoms with Crippen molar-refractivity contribution in [2.45, 2.75) is 38.7 Å². The molecule has 0 aliphatic carbocycles. The zero-order valence-corrected chi connectivity index (χ0v) is 22.9. The molecule has 0 amide bonds. The van der Waals surface area contributed by atoms with E-state index in [2.05, 4.69) is 30.4 Å². The van der Waals surface area contributed by atoms with Gasteiger partial charge in [-0.2, -0.15) is 8.62 Å². The first-order valence-corrected chi connectivity index (χ1v) is 15.5. The maximum absolute atomic E-state index is 12.2. The first-order chi connectivity index (χ1) is 17.6. The fraction of sp³-hybridized carbons (Fsp3) is 0.556. The molecule has 3 heterocycles. The van der Waals surface area contributed by atoms with E-state index in [1.807, 2.05) is 13.8 Å². The number of nitrogens with two attached hydrogens (primary N) is 2. The number of phosphoric acid groups is 3. The lowest BCUT2D eigenvalue weighted by Crippen LogP contribution is -2.30. The first-order valence-electron chi connectivity index (χ1n) is 11.0. The third-order valence-electron chi connectivity index (χ3n) is 4.92. The van der Waals surface area contributed by atoms with Crippen LogP contribution in [0.25, 0.3) is 11.0 Å². The largest absolute Gasteiger partial charge is 0.490 e. The molecule has 0 bridgehead atoms. The van der Waals surface area contributed by atoms with Crippen LogP contribution in [0, 0.1) is 17.8 Å². The van der Waals surface area contributed by atoms with Crippen LogP contribution in [-0.2, 0) is 36.3 Å². The van der Waals surface area contributed by atoms with E-state index in [4.69, 9.17) is 35.3 Å². The van der Waals surface area contributed by atoms with Crippen LogP contribution < -0.4 is 11.5 Å². The standard InChI is InChI=1S/C18H28N5O12P3/c1-11(2)8-31-13-6-15(23-7-12(4-3-5-19)16-17(20)21-10-22-18(16)23)33-14(13)9-32-37(27,28)35-38(29,30)34-36(24,25)26/h7,10-11,13-15H,5-6,8-9,19H2,1-2H3,(H,27,28)(H,29,30)(H2,20,21,22)(H2,24,25,26)/t13-,14?,15-/m1/s1. The molecule has 8 N–H and O–H groups in total. The summed E-state index contributed by atoms with van der Waals surface area (Å²) in [4.78, 5) is 44.8. The molecule has 0 aromatic carbocycles. The minimum absolute atomic E-state index is 0.105. The van der Waals surface area contributed by atoms with Crippen molar-refractivity contribution >= 4 is 40.3 Å². The number of rotatable bonds is 11. The number of ether oxygens (including phenoxy) is 2. The van der Waals surface area contributed by atoms with Crippen molar-refractivity contribution in [2.24, 2.45) is 11.7 Å². The molecule has 3 rings (SSSR count). The van der Waals surface area contributed by atoms with Gasteiger partial charge >= 0.3 is 23.5 Å². The number of hydrogen-bond donors (Lipinski definition) is 6. The highest BCUT2D eigenvalue weighted by molar-refractivity contribution is 7.66. The van der Waals surface area contributed by atoms with Crippen molar-refractivity contribution < 1.29 is 55.9 Å². The lowest BCUT2D eigenvalue weighted by molar-refractivity contribution is -0.0629. The molecule has 3 unspecified atom stereocenters. The third-order valence-corrected chi connectivity index (χ3v) is 8.72. The third kappa shape index (κ3) is 8.38. The second-order valence-electron chi connectivity index (χ2n) is 8.43. The van der Waals surface area contributed by atoms with Crippen LogP contribution in [0.1, 0.15) is 32.1 Å². The number of anilines is 1. The predicted octanol–water partition coefficient (Wildman–Crippen LogP) is 0.996. The fourth-order valence-electron chi connectivity index (χ4n) is 3.55. The van der Waals surface area contributed by atoms with Gasteiger partial charge in [-0.05, 0) is 5.92 Å². The van der Waals surface area contributed by atoms with Crippen molar-refractivity contribution in [2.75, 3.05) is 25.5 Å². The van der Waals surface area contributed by atoms with Crippen LogP contribution in [0.15, 0.2) is 12.5 Å². The SMILES string of the molecule is CC(C)CO[C@@H]1C[C@H](n2cc(C#CCN)c3c(N)ncnc32)OC1COP(=O)(O)OP(=O)(O)OP(=O)(O)O. The number of hydrogen-bond acceptors (Lipinski definition) is 12. The monoisotopic (exact) mass is 599 g/mol. The molecule has 0 radical (unpaired) electrons. The summed E-state index contributed by atoms with van der Waals surface area (Å²) < 4.78 is 60.5. The van der Waals surface area contributed by atoms with E-state index in [1.165, 1.54) is 6.33 Å². The number of nitrogens with zero attached hydrogens (tertiary/aromatic N) is 3. The number of aromatic nitrogens is 3. The van der Waals surface area contributed by atoms with Gasteiger partial charge in [-0.25, -0.2) is 23.7 Å². The first kappa shape index (κ1) is 30.8. The molecule has 0 spiro atoms. The van der Waals surface area contributed by atoms with E-state index < -0.39 is 48.5 Å². The molecule has 38 heavy (non-hydrogen) atoms. The van der Waals surface area contributed by atoms with Crippen LogP contribution in [0.4, 0.5) is 5.82 Å². The zero-order valence-electron chi connectivity index (χ0n) is 20.2. The molecule has 17 nitrogen and oxygen atoms in total. The Labute approximate surface area is 216 Å². The summed E-state index contributed by atoms with van der Waals surface area (Å²) in [5.41, 5.74) is 12.4. The summed E-state index contributed by atoms with van der Waals surface area (Å²) in [7, 11) is -16.5. The Hall–Kier alpha value is -1.73. The average molecular weight is 599 g/mol. The van der Waals surface area contributed by atoms with Crippen molar-refractivity contribution in [3.63, 3.8) is 0 Å². The number of nitrogen functional groups attached to an aromatic ring is 1. The summed E-state index contributed by atoms with van der Waals surface area (Å²) in [6.07, 6.45) is 0.751. The van der Waals surface area contributed by atoms with Gasteiger partial charge in [0.15, 0.2) is 0 Å². The van der Waals surface area contributed by atoms with Gasteiger partial charge in [0.05, 0.1) is 30.2 Å². The van der Waals surface area contributed by atoms with E-state index in [0.717, 1.165) is 0 Å². The van der Waals surface area contributed by atoms with Gasteiger partial charge in [-0.1, -0.05) is 25.7 Å². The molecular weight excluding hydrogens is 571 g/mol. The summed E-state index contributed by atoms with van der Waals surface area (Å²) in [6.45, 7) is 3.57. The average Bonchev–Trinajstić information content (AvgIpc) is 3.34. The summed E-state index contributed by atoms with van der Waals surface area (Å²) >= 11 is 0. The molecular formula is C18H28N5O12P3. The van der Waals surface area contributed by atoms with E-state index in [0.29, 0.717) is 23.2 Å². The second kappa shape index (κ2) is 12.2. The van der Waals surface area contributed by atoms with Gasteiger partial charge in [-0.15, -0.1) is 0 Å². The van der Waals surface area contributed by atoms with Crippen molar-refractivity contribution in [1.29, 1.82) is 0 Å². The highest BCUT2D eigenvalue weighted by Crippen LogP contribution is 2.66. The Morgan fingerprint density at radius 1 is 1.18 bits per heavy atom. The quantitative estimate of drug-likeness (QED) is 0.155. The van der Waals surface area contributed by atoms with Gasteiger partial charge in [0.25, 0.3) is 0 Å². The number of phosphoric ester groups is 1. The highest BCUT2D eigenvalue weighted by Gasteiger charge is 2.43. The van der Waals surface area contributed by atoms with Crippen LogP contribution in [-0.4, -0.2) is 66.1 Å². The van der Waals surface area contributed by atoms with Gasteiger partial charge in [0, 0.05) is 19.2 Å². The summed E-state index contributed by atoms with van der Waals surface area (Å²) in [5, 5.41) is 0.480. The maximum atomic E-state index is 12.2. The Morgan fingerprint density at radius 2 is 1.89 bits per heavy atom. The lowest BCUT2D eigenvalue weighted by Gasteiger charge is -2.21. The van der Waals surface area contributed by atoms with Crippen molar-refractivity contribution in [3.8, 4) is 11.8 Å². The Balaban J connectivity index is 1.83. The second-order valence-corrected chi connectivity index (χ2v) is 12.9. The Kier molecular flexibility index (Phi) is 9.89. The van der Waals surface area contributed by atoms with Gasteiger partial charge in [0.2, 0.25) is 0 Å². The molecule has 212 valence electrons. The van der Waals surface area contributed by atoms with Crippen LogP contribution in [0.2, 0.25) is 0 Å². The summed E-state index contributed by atoms with van der Waals surface area (Å²) in [6, 6.07) is 0. The van der Waals surface area contributed by atoms with E-state index in [-0.39, 0.29) is 24.7 Å². The highest BCUT2D eigenvalue weighted by atomic mass is 31.3. The van der Waals surface area contributed by atoms with Gasteiger partial charge in [0.1, 0.15) is 30.1 Å². The lowest BCUT2D eigenvalue weighted by atomic mass is 10.1. The molecule has 2 aromatic heterocycles. The molecule has 1 aliphatic heterocycles. The van der Waals surface area contributed by atoms with E-state index >= 15 is 0 Å². The topological polar surface area (TPSA) is 261 Å². The van der Waals surface area contributed by atoms with Gasteiger partial charge in [-0.3, -0.25) is 4.52 Å². The minimum atomic E-state index is -5.66. The van der Waals surface area contributed by atoms with Crippen molar-refractivity contribution in [1.82, 2.24) is 14.5 Å². The van der Waals surface area contributed by atoms with Crippen LogP contribution >= 0.6 is 23.5 Å². The van der Waals surface area contributed by atoms with E-state index in [1.54, 1.807) is 10.8 Å². The molecule has 2 aromatic rings. The molecule has 0 saturated carbocycles. The molecule has 1 fully saturated rings. The fourth-order valence-corrected chi connectivity index (χ4v) is 6.58. The van der Waals surface area contributed by atoms with Gasteiger partial charge < -0.3 is 45.1 Å². The molecule has 1 aliphatic rings. The normalized spacial score (nSPS) is 23.2.